The van der Waals surface area contributed by atoms with Gasteiger partial charge in [0.25, 0.3) is 5.91 Å². The zero-order chi connectivity index (χ0) is 19.9. The van der Waals surface area contributed by atoms with E-state index in [0.29, 0.717) is 23.7 Å². The van der Waals surface area contributed by atoms with Gasteiger partial charge in [-0.25, -0.2) is 4.98 Å². The van der Waals surface area contributed by atoms with Gasteiger partial charge in [-0.3, -0.25) is 4.79 Å². The molecular formula is C22H23N3O3. The van der Waals surface area contributed by atoms with E-state index in [1.807, 2.05) is 55.5 Å². The number of anilines is 2. The molecule has 1 amide bonds. The minimum Gasteiger partial charge on any atom is -0.493 e. The molecule has 0 aliphatic carbocycles. The summed E-state index contributed by atoms with van der Waals surface area (Å²) in [6, 6.07) is 16.9. The lowest BCUT2D eigenvalue weighted by Gasteiger charge is -2.11. The second-order valence-corrected chi connectivity index (χ2v) is 6.30. The number of pyridine rings is 1. The Hall–Kier alpha value is -3.54. The lowest BCUT2D eigenvalue weighted by Crippen LogP contribution is -2.13. The molecule has 2 aromatic carbocycles. The van der Waals surface area contributed by atoms with Gasteiger partial charge in [0.2, 0.25) is 0 Å². The van der Waals surface area contributed by atoms with Crippen LogP contribution >= 0.6 is 0 Å². The van der Waals surface area contributed by atoms with Crippen LogP contribution in [0.25, 0.3) is 0 Å². The van der Waals surface area contributed by atoms with E-state index in [0.717, 1.165) is 22.5 Å². The van der Waals surface area contributed by atoms with Gasteiger partial charge in [-0.15, -0.1) is 0 Å². The van der Waals surface area contributed by atoms with E-state index < -0.39 is 0 Å². The number of benzene rings is 2. The fraction of sp³-hybridized carbons (Fsp3) is 0.182. The molecular weight excluding hydrogens is 354 g/mol. The fourth-order valence-corrected chi connectivity index (χ4v) is 2.66. The maximum atomic E-state index is 12.3. The highest BCUT2D eigenvalue weighted by Crippen LogP contribution is 2.27. The van der Waals surface area contributed by atoms with Crippen molar-refractivity contribution < 1.29 is 14.3 Å². The van der Waals surface area contributed by atoms with Crippen LogP contribution in [0.3, 0.4) is 0 Å². The van der Waals surface area contributed by atoms with Crippen molar-refractivity contribution in [2.24, 2.45) is 0 Å². The van der Waals surface area contributed by atoms with Crippen LogP contribution in [0.15, 0.2) is 60.8 Å². The Morgan fingerprint density at radius 1 is 0.929 bits per heavy atom. The molecule has 1 heterocycles. The second kappa shape index (κ2) is 8.90. The monoisotopic (exact) mass is 377 g/mol. The van der Waals surface area contributed by atoms with Crippen molar-refractivity contribution in [2.45, 2.75) is 13.5 Å². The summed E-state index contributed by atoms with van der Waals surface area (Å²) in [4.78, 5) is 16.5. The van der Waals surface area contributed by atoms with E-state index in [1.165, 1.54) is 0 Å². The van der Waals surface area contributed by atoms with Crippen molar-refractivity contribution in [3.63, 3.8) is 0 Å². The molecule has 6 nitrogen and oxygen atoms in total. The quantitative estimate of drug-likeness (QED) is 0.643. The smallest absolute Gasteiger partial charge is 0.274 e. The Kier molecular flexibility index (Phi) is 6.11. The number of hydrogen-bond donors (Lipinski definition) is 2. The van der Waals surface area contributed by atoms with Crippen molar-refractivity contribution in [2.75, 3.05) is 24.9 Å². The molecule has 0 atom stereocenters. The normalized spacial score (nSPS) is 10.2. The van der Waals surface area contributed by atoms with Gasteiger partial charge >= 0.3 is 0 Å². The molecule has 2 N–H and O–H groups in total. The van der Waals surface area contributed by atoms with Crippen LogP contribution < -0.4 is 20.1 Å². The number of amides is 1. The van der Waals surface area contributed by atoms with Crippen LogP contribution in [0.2, 0.25) is 0 Å². The first-order valence-electron chi connectivity index (χ1n) is 8.88. The number of carbonyl (C=O) groups excluding carboxylic acids is 1. The molecule has 0 saturated carbocycles. The molecule has 144 valence electrons. The maximum absolute atomic E-state index is 12.3. The molecule has 0 aliphatic heterocycles. The summed E-state index contributed by atoms with van der Waals surface area (Å²) in [6.45, 7) is 2.60. The van der Waals surface area contributed by atoms with E-state index in [4.69, 9.17) is 9.47 Å². The maximum Gasteiger partial charge on any atom is 0.274 e. The second-order valence-electron chi connectivity index (χ2n) is 6.30. The Morgan fingerprint density at radius 3 is 2.29 bits per heavy atom. The van der Waals surface area contributed by atoms with Gasteiger partial charge < -0.3 is 20.1 Å². The third kappa shape index (κ3) is 4.79. The van der Waals surface area contributed by atoms with Gasteiger partial charge in [-0.05, 0) is 48.9 Å². The van der Waals surface area contributed by atoms with Crippen molar-refractivity contribution in [1.82, 2.24) is 4.98 Å². The number of rotatable bonds is 7. The number of aromatic nitrogens is 1. The van der Waals surface area contributed by atoms with Crippen LogP contribution in [0.1, 0.15) is 21.6 Å². The summed E-state index contributed by atoms with van der Waals surface area (Å²) in [6.07, 6.45) is 1.64. The predicted molar refractivity (Wildman–Crippen MR) is 110 cm³/mol. The highest BCUT2D eigenvalue weighted by atomic mass is 16.5. The third-order valence-corrected chi connectivity index (χ3v) is 4.25. The molecule has 0 radical (unpaired) electrons. The number of methoxy groups -OCH3 is 2. The van der Waals surface area contributed by atoms with Crippen molar-refractivity contribution >= 4 is 17.3 Å². The minimum absolute atomic E-state index is 0.240. The third-order valence-electron chi connectivity index (χ3n) is 4.25. The largest absolute Gasteiger partial charge is 0.493 e. The highest BCUT2D eigenvalue weighted by molar-refractivity contribution is 6.02. The zero-order valence-corrected chi connectivity index (χ0v) is 16.2. The number of hydrogen-bond acceptors (Lipinski definition) is 5. The fourth-order valence-electron chi connectivity index (χ4n) is 2.66. The summed E-state index contributed by atoms with van der Waals surface area (Å²) in [5.74, 6) is 1.13. The standard InChI is InChI=1S/C22H23N3O3/c1-15-4-7-17(8-5-15)25-22(26)19-10-9-18(14-24-19)23-13-16-6-11-20(27-2)21(12-16)28-3/h4-12,14,23H,13H2,1-3H3,(H,25,26). The highest BCUT2D eigenvalue weighted by Gasteiger charge is 2.08. The van der Waals surface area contributed by atoms with E-state index >= 15 is 0 Å². The number of nitrogens with one attached hydrogen (secondary N) is 2. The van der Waals surface area contributed by atoms with E-state index in [9.17, 15) is 4.79 Å². The summed E-state index contributed by atoms with van der Waals surface area (Å²) < 4.78 is 10.6. The lowest BCUT2D eigenvalue weighted by atomic mass is 10.2. The van der Waals surface area contributed by atoms with Crippen molar-refractivity contribution in [3.8, 4) is 11.5 Å². The van der Waals surface area contributed by atoms with Gasteiger partial charge in [-0.2, -0.15) is 0 Å². The molecule has 3 rings (SSSR count). The Bertz CT molecular complexity index is 938. The van der Waals surface area contributed by atoms with Crippen LogP contribution in [-0.4, -0.2) is 25.1 Å². The molecule has 0 aliphatic rings. The van der Waals surface area contributed by atoms with Crippen LogP contribution in [0, 0.1) is 6.92 Å². The average molecular weight is 377 g/mol. The molecule has 0 spiro atoms. The number of carbonyl (C=O) groups is 1. The van der Waals surface area contributed by atoms with Gasteiger partial charge in [0.05, 0.1) is 26.1 Å². The summed E-state index contributed by atoms with van der Waals surface area (Å²) in [7, 11) is 3.22. The Labute approximate surface area is 164 Å². The molecule has 1 aromatic heterocycles. The summed E-state index contributed by atoms with van der Waals surface area (Å²) >= 11 is 0. The zero-order valence-electron chi connectivity index (χ0n) is 16.2. The molecule has 28 heavy (non-hydrogen) atoms. The van der Waals surface area contributed by atoms with Crippen molar-refractivity contribution in [3.05, 3.63) is 77.6 Å². The number of ether oxygens (including phenoxy) is 2. The number of aryl methyl sites for hydroxylation is 1. The Morgan fingerprint density at radius 2 is 1.64 bits per heavy atom. The molecule has 6 heteroatoms. The van der Waals surface area contributed by atoms with E-state index in [-0.39, 0.29) is 5.91 Å². The Balaban J connectivity index is 1.59. The first-order chi connectivity index (χ1) is 13.6. The summed E-state index contributed by atoms with van der Waals surface area (Å²) in [5.41, 5.74) is 4.10. The first-order valence-corrected chi connectivity index (χ1v) is 8.88. The topological polar surface area (TPSA) is 72.5 Å². The van der Waals surface area contributed by atoms with Gasteiger partial charge in [-0.1, -0.05) is 23.8 Å². The van der Waals surface area contributed by atoms with Crippen molar-refractivity contribution in [1.29, 1.82) is 0 Å². The lowest BCUT2D eigenvalue weighted by molar-refractivity contribution is 0.102. The molecule has 0 fully saturated rings. The molecule has 0 saturated heterocycles. The first kappa shape index (κ1) is 19.2. The molecule has 3 aromatic rings. The van der Waals surface area contributed by atoms with E-state index in [1.54, 1.807) is 26.5 Å². The van der Waals surface area contributed by atoms with Gasteiger partial charge in [0.15, 0.2) is 11.5 Å². The SMILES string of the molecule is COc1ccc(CNc2ccc(C(=O)Nc3ccc(C)cc3)nc2)cc1OC. The van der Waals surface area contributed by atoms with Crippen LogP contribution in [0.5, 0.6) is 11.5 Å². The van der Waals surface area contributed by atoms with Crippen LogP contribution in [0.4, 0.5) is 11.4 Å². The molecule has 0 bridgehead atoms. The minimum atomic E-state index is -0.240. The average Bonchev–Trinajstić information content (AvgIpc) is 2.74. The number of nitrogens with zero attached hydrogens (tertiary/aromatic N) is 1. The predicted octanol–water partition coefficient (Wildman–Crippen LogP) is 4.27. The summed E-state index contributed by atoms with van der Waals surface area (Å²) in [5, 5.41) is 6.12. The van der Waals surface area contributed by atoms with Gasteiger partial charge in [0, 0.05) is 12.2 Å². The molecule has 0 unspecified atom stereocenters. The van der Waals surface area contributed by atoms with Crippen LogP contribution in [-0.2, 0) is 6.54 Å². The van der Waals surface area contributed by atoms with E-state index in [2.05, 4.69) is 15.6 Å². The van der Waals surface area contributed by atoms with Gasteiger partial charge in [0.1, 0.15) is 5.69 Å².